The van der Waals surface area contributed by atoms with Gasteiger partial charge in [0.25, 0.3) is 0 Å². The predicted octanol–water partition coefficient (Wildman–Crippen LogP) is 4.04. The van der Waals surface area contributed by atoms with E-state index in [-0.39, 0.29) is 18.1 Å². The van der Waals surface area contributed by atoms with Crippen LogP contribution in [0.15, 0.2) is 30.3 Å². The molecule has 1 aliphatic carbocycles. The van der Waals surface area contributed by atoms with Gasteiger partial charge in [0.1, 0.15) is 6.17 Å². The van der Waals surface area contributed by atoms with Gasteiger partial charge in [0.15, 0.2) is 0 Å². The molecule has 0 spiro atoms. The van der Waals surface area contributed by atoms with Gasteiger partial charge >= 0.3 is 0 Å². The van der Waals surface area contributed by atoms with E-state index >= 15 is 0 Å². The second-order valence-electron chi connectivity index (χ2n) is 5.27. The lowest BCUT2D eigenvalue weighted by atomic mass is 9.79. The molecule has 3 rings (SSSR count). The van der Waals surface area contributed by atoms with Crippen LogP contribution < -0.4 is 0 Å². The molecule has 0 amide bonds. The van der Waals surface area contributed by atoms with E-state index in [1.54, 1.807) is 0 Å². The Morgan fingerprint density at radius 1 is 1.06 bits per heavy atom. The number of alkyl halides is 1. The molecule has 1 aromatic carbocycles. The zero-order valence-electron chi connectivity index (χ0n) is 10.0. The summed E-state index contributed by atoms with van der Waals surface area (Å²) in [5, 5.41) is 0. The number of rotatable bonds is 1. The maximum Gasteiger partial charge on any atom is 0.108 e. The van der Waals surface area contributed by atoms with Crippen LogP contribution in [0.5, 0.6) is 0 Å². The molecule has 1 aromatic rings. The van der Waals surface area contributed by atoms with Gasteiger partial charge < -0.3 is 4.74 Å². The lowest BCUT2D eigenvalue weighted by molar-refractivity contribution is -0.132. The van der Waals surface area contributed by atoms with Crippen molar-refractivity contribution in [3.63, 3.8) is 0 Å². The number of ether oxygens (including phenoxy) is 1. The van der Waals surface area contributed by atoms with Crippen LogP contribution in [0, 0.1) is 5.92 Å². The molecule has 0 N–H and O–H groups in total. The fourth-order valence-electron chi connectivity index (χ4n) is 3.24. The van der Waals surface area contributed by atoms with Crippen molar-refractivity contribution < 1.29 is 9.13 Å². The fourth-order valence-corrected chi connectivity index (χ4v) is 3.24. The zero-order valence-corrected chi connectivity index (χ0v) is 10.0. The third-order valence-electron chi connectivity index (χ3n) is 4.17. The topological polar surface area (TPSA) is 9.23 Å². The Morgan fingerprint density at radius 3 is 2.65 bits per heavy atom. The summed E-state index contributed by atoms with van der Waals surface area (Å²) < 4.78 is 20.3. The lowest BCUT2D eigenvalue weighted by Gasteiger charge is -2.41. The quantitative estimate of drug-likeness (QED) is 0.712. The summed E-state index contributed by atoms with van der Waals surface area (Å²) in [6.07, 6.45) is 4.37. The van der Waals surface area contributed by atoms with Gasteiger partial charge in [0.2, 0.25) is 0 Å². The molecule has 1 saturated carbocycles. The number of benzene rings is 1. The maximum atomic E-state index is 14.2. The monoisotopic (exact) mass is 234 g/mol. The molecule has 2 fully saturated rings. The van der Waals surface area contributed by atoms with Crippen LogP contribution in [0.25, 0.3) is 0 Å². The third-order valence-corrected chi connectivity index (χ3v) is 4.17. The van der Waals surface area contributed by atoms with Gasteiger partial charge in [-0.3, -0.25) is 0 Å². The molecule has 4 atom stereocenters. The van der Waals surface area contributed by atoms with E-state index in [0.29, 0.717) is 6.42 Å². The minimum Gasteiger partial charge on any atom is -0.370 e. The number of hydrogen-bond donors (Lipinski definition) is 0. The molecular formula is C15H19FO. The van der Waals surface area contributed by atoms with Crippen LogP contribution in [0.3, 0.4) is 0 Å². The molecule has 0 aromatic heterocycles. The van der Waals surface area contributed by atoms with Crippen LogP contribution in [-0.4, -0.2) is 12.3 Å². The van der Waals surface area contributed by atoms with E-state index in [9.17, 15) is 4.39 Å². The van der Waals surface area contributed by atoms with E-state index in [4.69, 9.17) is 4.74 Å². The molecule has 2 heteroatoms. The van der Waals surface area contributed by atoms with Crippen molar-refractivity contribution in [2.45, 2.75) is 50.5 Å². The molecule has 1 nitrogen and oxygen atoms in total. The molecule has 0 bridgehead atoms. The largest absolute Gasteiger partial charge is 0.370 e. The molecule has 1 aliphatic heterocycles. The number of hydrogen-bond acceptors (Lipinski definition) is 1. The first-order valence-corrected chi connectivity index (χ1v) is 6.69. The molecule has 1 saturated heterocycles. The van der Waals surface area contributed by atoms with Gasteiger partial charge in [-0.2, -0.15) is 0 Å². The van der Waals surface area contributed by atoms with Gasteiger partial charge in [-0.15, -0.1) is 0 Å². The molecule has 92 valence electrons. The van der Waals surface area contributed by atoms with Gasteiger partial charge in [-0.25, -0.2) is 4.39 Å². The highest BCUT2D eigenvalue weighted by Crippen LogP contribution is 2.42. The Morgan fingerprint density at radius 2 is 1.82 bits per heavy atom. The SMILES string of the molecule is F[C@H]1C[C@@H](c2ccccc2)O[C@H]2CCCC[C@@H]21. The van der Waals surface area contributed by atoms with Crippen molar-refractivity contribution in [1.82, 2.24) is 0 Å². The summed E-state index contributed by atoms with van der Waals surface area (Å²) >= 11 is 0. The Bertz CT molecular complexity index is 364. The van der Waals surface area contributed by atoms with Crippen molar-refractivity contribution in [1.29, 1.82) is 0 Å². The maximum absolute atomic E-state index is 14.2. The van der Waals surface area contributed by atoms with Gasteiger partial charge in [-0.1, -0.05) is 43.2 Å². The highest BCUT2D eigenvalue weighted by Gasteiger charge is 2.40. The molecule has 17 heavy (non-hydrogen) atoms. The Hall–Kier alpha value is -0.890. The van der Waals surface area contributed by atoms with Crippen molar-refractivity contribution in [3.8, 4) is 0 Å². The summed E-state index contributed by atoms with van der Waals surface area (Å²) in [6.45, 7) is 0. The van der Waals surface area contributed by atoms with Crippen molar-refractivity contribution in [3.05, 3.63) is 35.9 Å². The van der Waals surface area contributed by atoms with Crippen LogP contribution in [0.1, 0.15) is 43.8 Å². The Balaban J connectivity index is 1.77. The van der Waals surface area contributed by atoms with Crippen LogP contribution in [-0.2, 0) is 4.74 Å². The summed E-state index contributed by atoms with van der Waals surface area (Å²) in [7, 11) is 0. The summed E-state index contributed by atoms with van der Waals surface area (Å²) in [5.74, 6) is 0.156. The number of halogens is 1. The second-order valence-corrected chi connectivity index (χ2v) is 5.27. The average Bonchev–Trinajstić information content (AvgIpc) is 2.40. The van der Waals surface area contributed by atoms with Crippen LogP contribution in [0.2, 0.25) is 0 Å². The Labute approximate surface area is 102 Å². The highest BCUT2D eigenvalue weighted by molar-refractivity contribution is 5.18. The summed E-state index contributed by atoms with van der Waals surface area (Å²) in [5.41, 5.74) is 1.12. The van der Waals surface area contributed by atoms with Gasteiger partial charge in [-0.05, 0) is 18.4 Å². The van der Waals surface area contributed by atoms with E-state index in [1.165, 1.54) is 12.8 Å². The second kappa shape index (κ2) is 4.77. The first-order chi connectivity index (χ1) is 8.34. The van der Waals surface area contributed by atoms with Crippen molar-refractivity contribution in [2.75, 3.05) is 0 Å². The standard InChI is InChI=1S/C15H19FO/c16-13-10-15(11-6-2-1-3-7-11)17-14-9-5-4-8-12(13)14/h1-3,6-7,12-15H,4-5,8-10H2/t12-,13+,14+,15+/m1/s1. The normalized spacial score (nSPS) is 37.5. The van der Waals surface area contributed by atoms with Gasteiger partial charge in [0, 0.05) is 12.3 Å². The summed E-state index contributed by atoms with van der Waals surface area (Å²) in [4.78, 5) is 0. The lowest BCUT2D eigenvalue weighted by Crippen LogP contribution is -2.41. The van der Waals surface area contributed by atoms with Crippen molar-refractivity contribution >= 4 is 0 Å². The molecule has 1 heterocycles. The predicted molar refractivity (Wildman–Crippen MR) is 65.5 cm³/mol. The zero-order chi connectivity index (χ0) is 11.7. The first-order valence-electron chi connectivity index (χ1n) is 6.69. The average molecular weight is 234 g/mol. The van der Waals surface area contributed by atoms with E-state index in [2.05, 4.69) is 0 Å². The van der Waals surface area contributed by atoms with Crippen molar-refractivity contribution in [2.24, 2.45) is 5.92 Å². The third kappa shape index (κ3) is 2.23. The van der Waals surface area contributed by atoms with E-state index < -0.39 is 6.17 Å². The molecule has 0 radical (unpaired) electrons. The van der Waals surface area contributed by atoms with Crippen LogP contribution >= 0.6 is 0 Å². The summed E-state index contributed by atoms with van der Waals surface area (Å²) in [6, 6.07) is 10.1. The minimum atomic E-state index is -0.681. The fraction of sp³-hybridized carbons (Fsp3) is 0.600. The smallest absolute Gasteiger partial charge is 0.108 e. The molecule has 0 unspecified atom stereocenters. The first kappa shape index (κ1) is 11.2. The molecular weight excluding hydrogens is 215 g/mol. The molecule has 2 aliphatic rings. The van der Waals surface area contributed by atoms with Gasteiger partial charge in [0.05, 0.1) is 12.2 Å². The van der Waals surface area contributed by atoms with E-state index in [1.807, 2.05) is 30.3 Å². The van der Waals surface area contributed by atoms with E-state index in [0.717, 1.165) is 18.4 Å². The number of fused-ring (bicyclic) bond motifs is 1. The highest BCUT2D eigenvalue weighted by atomic mass is 19.1. The Kier molecular flexibility index (Phi) is 3.15. The minimum absolute atomic E-state index is 0.0365. The van der Waals surface area contributed by atoms with Crippen LogP contribution in [0.4, 0.5) is 4.39 Å².